The fourth-order valence-electron chi connectivity index (χ4n) is 2.79. The second kappa shape index (κ2) is 11.0. The molecule has 0 fully saturated rings. The van der Waals surface area contributed by atoms with E-state index in [2.05, 4.69) is 10.9 Å². The fraction of sp³-hybridized carbons (Fsp3) is 0.167. The third kappa shape index (κ3) is 6.76. The zero-order valence-corrected chi connectivity index (χ0v) is 17.8. The molecule has 0 unspecified atom stereocenters. The molecule has 0 aliphatic heterocycles. The molecule has 0 saturated heterocycles. The number of hydrazine groups is 1. The average Bonchev–Trinajstić information content (AvgIpc) is 2.79. The number of halogens is 1. The predicted octanol–water partition coefficient (Wildman–Crippen LogP) is 4.11. The van der Waals surface area contributed by atoms with Crippen molar-refractivity contribution in [2.24, 2.45) is 0 Å². The van der Waals surface area contributed by atoms with E-state index in [1.165, 1.54) is 0 Å². The molecule has 2 amide bonds. The highest BCUT2D eigenvalue weighted by Gasteiger charge is 2.13. The third-order valence-corrected chi connectivity index (χ3v) is 4.86. The molecular weight excluding hydrogens is 416 g/mol. The maximum atomic E-state index is 12.5. The largest absolute Gasteiger partial charge is 0.492 e. The first-order chi connectivity index (χ1) is 15.0. The lowest BCUT2D eigenvalue weighted by Gasteiger charge is -2.13. The summed E-state index contributed by atoms with van der Waals surface area (Å²) in [5.41, 5.74) is 7.04. The molecule has 0 radical (unpaired) electrons. The van der Waals surface area contributed by atoms with Crippen LogP contribution in [0.5, 0.6) is 11.5 Å². The summed E-state index contributed by atoms with van der Waals surface area (Å²) in [6.07, 6.45) is 0.717. The fourth-order valence-corrected chi connectivity index (χ4v) is 2.91. The minimum absolute atomic E-state index is 0.253. The van der Waals surface area contributed by atoms with Gasteiger partial charge < -0.3 is 9.47 Å². The molecular formula is C24H23ClN2O4. The number of carbonyl (C=O) groups is 2. The Bertz CT molecular complexity index is 1040. The van der Waals surface area contributed by atoms with Gasteiger partial charge in [0.25, 0.3) is 11.8 Å². The summed E-state index contributed by atoms with van der Waals surface area (Å²) in [7, 11) is 0. The third-order valence-electron chi connectivity index (χ3n) is 4.44. The summed E-state index contributed by atoms with van der Waals surface area (Å²) in [6, 6.07) is 21.9. The number of aryl methyl sites for hydroxylation is 1. The van der Waals surface area contributed by atoms with Crippen LogP contribution in [0, 0.1) is 6.92 Å². The van der Waals surface area contributed by atoms with E-state index in [0.29, 0.717) is 28.7 Å². The number of rotatable bonds is 8. The molecule has 3 aromatic rings. The van der Waals surface area contributed by atoms with Crippen LogP contribution in [-0.4, -0.2) is 25.0 Å². The van der Waals surface area contributed by atoms with Gasteiger partial charge in [-0.25, -0.2) is 0 Å². The molecule has 0 spiro atoms. The molecule has 7 heteroatoms. The van der Waals surface area contributed by atoms with Gasteiger partial charge in [0, 0.05) is 11.4 Å². The van der Waals surface area contributed by atoms with Crippen LogP contribution in [0.1, 0.15) is 21.5 Å². The van der Waals surface area contributed by atoms with Crippen molar-refractivity contribution < 1.29 is 19.1 Å². The van der Waals surface area contributed by atoms with Gasteiger partial charge in [-0.3, -0.25) is 20.4 Å². The Morgan fingerprint density at radius 1 is 0.903 bits per heavy atom. The lowest BCUT2D eigenvalue weighted by atomic mass is 10.1. The Kier molecular flexibility index (Phi) is 7.90. The number of carbonyl (C=O) groups excluding carboxylic acids is 2. The molecule has 6 nitrogen and oxygen atoms in total. The summed E-state index contributed by atoms with van der Waals surface area (Å²) in [5, 5.41) is 0.619. The van der Waals surface area contributed by atoms with Crippen molar-refractivity contribution in [2.45, 2.75) is 13.3 Å². The number of benzene rings is 3. The van der Waals surface area contributed by atoms with Crippen LogP contribution in [-0.2, 0) is 11.2 Å². The van der Waals surface area contributed by atoms with Crippen molar-refractivity contribution in [2.75, 3.05) is 13.2 Å². The maximum Gasteiger partial charge on any atom is 0.276 e. The molecule has 0 atom stereocenters. The van der Waals surface area contributed by atoms with Gasteiger partial charge in [0.15, 0.2) is 6.61 Å². The SMILES string of the molecule is Cc1cc(OCC(=O)NNC(=O)c2ccccc2OCCc2ccccc2)ccc1Cl. The van der Waals surface area contributed by atoms with Gasteiger partial charge in [-0.2, -0.15) is 0 Å². The molecule has 160 valence electrons. The van der Waals surface area contributed by atoms with Gasteiger partial charge in [-0.15, -0.1) is 0 Å². The summed E-state index contributed by atoms with van der Waals surface area (Å²) < 4.78 is 11.2. The highest BCUT2D eigenvalue weighted by Crippen LogP contribution is 2.21. The van der Waals surface area contributed by atoms with Crippen LogP contribution >= 0.6 is 11.6 Å². The van der Waals surface area contributed by atoms with Gasteiger partial charge in [0.2, 0.25) is 0 Å². The smallest absolute Gasteiger partial charge is 0.276 e. The van der Waals surface area contributed by atoms with Crippen molar-refractivity contribution in [3.05, 3.63) is 94.5 Å². The molecule has 0 saturated carbocycles. The van der Waals surface area contributed by atoms with E-state index >= 15 is 0 Å². The van der Waals surface area contributed by atoms with E-state index in [9.17, 15) is 9.59 Å². The van der Waals surface area contributed by atoms with Gasteiger partial charge >= 0.3 is 0 Å². The zero-order chi connectivity index (χ0) is 22.1. The first kappa shape index (κ1) is 22.2. The lowest BCUT2D eigenvalue weighted by Crippen LogP contribution is -2.43. The van der Waals surface area contributed by atoms with E-state index in [4.69, 9.17) is 21.1 Å². The molecule has 0 bridgehead atoms. The highest BCUT2D eigenvalue weighted by molar-refractivity contribution is 6.31. The number of amides is 2. The Balaban J connectivity index is 1.48. The number of hydrogen-bond acceptors (Lipinski definition) is 4. The zero-order valence-electron chi connectivity index (χ0n) is 17.1. The molecule has 31 heavy (non-hydrogen) atoms. The standard InChI is InChI=1S/C24H23ClN2O4/c1-17-15-19(11-12-21(17)25)31-16-23(28)26-27-24(29)20-9-5-6-10-22(20)30-14-13-18-7-3-2-4-8-18/h2-12,15H,13-14,16H2,1H3,(H,26,28)(H,27,29). The van der Waals surface area contributed by atoms with Crippen molar-refractivity contribution in [3.8, 4) is 11.5 Å². The van der Waals surface area contributed by atoms with E-state index in [1.54, 1.807) is 42.5 Å². The van der Waals surface area contributed by atoms with E-state index in [0.717, 1.165) is 17.5 Å². The number of para-hydroxylation sites is 1. The van der Waals surface area contributed by atoms with Crippen molar-refractivity contribution >= 4 is 23.4 Å². The first-order valence-corrected chi connectivity index (χ1v) is 10.1. The van der Waals surface area contributed by atoms with Crippen molar-refractivity contribution in [1.82, 2.24) is 10.9 Å². The highest BCUT2D eigenvalue weighted by atomic mass is 35.5. The first-order valence-electron chi connectivity index (χ1n) is 9.77. The molecule has 2 N–H and O–H groups in total. The van der Waals surface area contributed by atoms with Crippen LogP contribution in [0.25, 0.3) is 0 Å². The summed E-state index contributed by atoms with van der Waals surface area (Å²) in [4.78, 5) is 24.5. The molecule has 0 heterocycles. The van der Waals surface area contributed by atoms with Gasteiger partial charge in [-0.05, 0) is 48.4 Å². The van der Waals surface area contributed by atoms with Crippen LogP contribution in [0.4, 0.5) is 0 Å². The van der Waals surface area contributed by atoms with E-state index in [-0.39, 0.29) is 6.61 Å². The minimum atomic E-state index is -0.497. The normalized spacial score (nSPS) is 10.3. The number of hydrogen-bond donors (Lipinski definition) is 2. The summed E-state index contributed by atoms with van der Waals surface area (Å²) in [6.45, 7) is 2.01. The van der Waals surface area contributed by atoms with Crippen LogP contribution in [0.2, 0.25) is 5.02 Å². The average molecular weight is 439 g/mol. The lowest BCUT2D eigenvalue weighted by molar-refractivity contribution is -0.123. The van der Waals surface area contributed by atoms with Gasteiger partial charge in [0.1, 0.15) is 11.5 Å². The number of nitrogens with one attached hydrogen (secondary N) is 2. The van der Waals surface area contributed by atoms with Gasteiger partial charge in [-0.1, -0.05) is 54.1 Å². The molecule has 3 rings (SSSR count). The Hall–Kier alpha value is -3.51. The minimum Gasteiger partial charge on any atom is -0.492 e. The van der Waals surface area contributed by atoms with Crippen LogP contribution in [0.3, 0.4) is 0 Å². The predicted molar refractivity (Wildman–Crippen MR) is 119 cm³/mol. The molecule has 0 aliphatic carbocycles. The summed E-state index contributed by atoms with van der Waals surface area (Å²) >= 11 is 5.97. The monoisotopic (exact) mass is 438 g/mol. The quantitative estimate of drug-likeness (QED) is 0.519. The second-order valence-corrected chi connectivity index (χ2v) is 7.19. The van der Waals surface area contributed by atoms with Crippen LogP contribution in [0.15, 0.2) is 72.8 Å². The van der Waals surface area contributed by atoms with E-state index in [1.807, 2.05) is 37.3 Å². The Labute approximate surface area is 186 Å². The Morgan fingerprint density at radius 2 is 1.65 bits per heavy atom. The second-order valence-electron chi connectivity index (χ2n) is 6.78. The molecule has 3 aromatic carbocycles. The Morgan fingerprint density at radius 3 is 2.42 bits per heavy atom. The summed E-state index contributed by atoms with van der Waals surface area (Å²) in [5.74, 6) is -0.0203. The van der Waals surface area contributed by atoms with Crippen LogP contribution < -0.4 is 20.3 Å². The number of ether oxygens (including phenoxy) is 2. The molecule has 0 aromatic heterocycles. The van der Waals surface area contributed by atoms with Crippen molar-refractivity contribution in [1.29, 1.82) is 0 Å². The van der Waals surface area contributed by atoms with Gasteiger partial charge in [0.05, 0.1) is 12.2 Å². The van der Waals surface area contributed by atoms with E-state index < -0.39 is 11.8 Å². The molecule has 0 aliphatic rings. The topological polar surface area (TPSA) is 76.7 Å². The van der Waals surface area contributed by atoms with Crippen molar-refractivity contribution in [3.63, 3.8) is 0 Å². The maximum absolute atomic E-state index is 12.5.